The van der Waals surface area contributed by atoms with Gasteiger partial charge >= 0.3 is 0 Å². The molecule has 88 valence electrons. The predicted octanol–water partition coefficient (Wildman–Crippen LogP) is 2.59. The number of rotatable bonds is 3. The molecule has 0 unspecified atom stereocenters. The van der Waals surface area contributed by atoms with Crippen LogP contribution in [0.1, 0.15) is 37.3 Å². The fraction of sp³-hybridized carbons (Fsp3) is 0.538. The molecule has 0 heterocycles. The van der Waals surface area contributed by atoms with Crippen molar-refractivity contribution in [1.82, 2.24) is 0 Å². The number of hydrogen-bond donors (Lipinski definition) is 2. The highest BCUT2D eigenvalue weighted by Gasteiger charge is 2.23. The van der Waals surface area contributed by atoms with Crippen LogP contribution >= 0.6 is 0 Å². The van der Waals surface area contributed by atoms with Crippen LogP contribution in [-0.2, 0) is 0 Å². The number of methoxy groups -OCH3 is 1. The van der Waals surface area contributed by atoms with Gasteiger partial charge in [-0.15, -0.1) is 0 Å². The minimum atomic E-state index is 0.0410. The van der Waals surface area contributed by atoms with Gasteiger partial charge in [-0.2, -0.15) is 0 Å². The Morgan fingerprint density at radius 2 is 2.06 bits per heavy atom. The molecule has 0 amide bonds. The van der Waals surface area contributed by atoms with Crippen LogP contribution in [0.2, 0.25) is 0 Å². The van der Waals surface area contributed by atoms with E-state index in [1.807, 2.05) is 6.07 Å². The average Bonchev–Trinajstić information content (AvgIpc) is 2.81. The minimum Gasteiger partial charge on any atom is -0.504 e. The second-order valence-corrected chi connectivity index (χ2v) is 4.50. The lowest BCUT2D eigenvalue weighted by Crippen LogP contribution is -2.18. The molecule has 0 bridgehead atoms. The molecule has 0 radical (unpaired) electrons. The van der Waals surface area contributed by atoms with E-state index in [0.717, 1.165) is 5.56 Å². The smallest absolute Gasteiger partial charge is 0.160 e. The number of phenols is 1. The van der Waals surface area contributed by atoms with Crippen molar-refractivity contribution >= 4 is 0 Å². The van der Waals surface area contributed by atoms with Crippen LogP contribution in [0.15, 0.2) is 18.2 Å². The Morgan fingerprint density at radius 1 is 1.38 bits per heavy atom. The third-order valence-corrected chi connectivity index (χ3v) is 3.50. The summed E-state index contributed by atoms with van der Waals surface area (Å²) in [7, 11) is 1.55. The van der Waals surface area contributed by atoms with Gasteiger partial charge in [0, 0.05) is 6.04 Å². The lowest BCUT2D eigenvalue weighted by atomic mass is 9.92. The lowest BCUT2D eigenvalue weighted by Gasteiger charge is -2.19. The van der Waals surface area contributed by atoms with Crippen molar-refractivity contribution in [3.05, 3.63) is 23.8 Å². The Labute approximate surface area is 96.2 Å². The monoisotopic (exact) mass is 221 g/mol. The summed E-state index contributed by atoms with van der Waals surface area (Å²) in [5, 5.41) is 9.70. The molecule has 1 aromatic rings. The van der Waals surface area contributed by atoms with E-state index in [2.05, 4.69) is 0 Å². The number of benzene rings is 1. The number of nitrogens with two attached hydrogens (primary N) is 1. The van der Waals surface area contributed by atoms with Crippen LogP contribution < -0.4 is 10.5 Å². The number of hydrogen-bond acceptors (Lipinski definition) is 3. The molecular weight excluding hydrogens is 202 g/mol. The summed E-state index contributed by atoms with van der Waals surface area (Å²) < 4.78 is 5.01. The van der Waals surface area contributed by atoms with Crippen molar-refractivity contribution < 1.29 is 9.84 Å². The zero-order valence-corrected chi connectivity index (χ0v) is 9.65. The number of aromatic hydroxyl groups is 1. The topological polar surface area (TPSA) is 55.5 Å². The van der Waals surface area contributed by atoms with Gasteiger partial charge in [-0.05, 0) is 36.5 Å². The molecule has 1 aliphatic carbocycles. The van der Waals surface area contributed by atoms with Crippen LogP contribution in [0.25, 0.3) is 0 Å². The van der Waals surface area contributed by atoms with Crippen LogP contribution in [0, 0.1) is 5.92 Å². The van der Waals surface area contributed by atoms with E-state index < -0.39 is 0 Å². The van der Waals surface area contributed by atoms with Crippen molar-refractivity contribution in [2.24, 2.45) is 11.7 Å². The van der Waals surface area contributed by atoms with E-state index >= 15 is 0 Å². The molecule has 3 N–H and O–H groups in total. The quantitative estimate of drug-likeness (QED) is 0.824. The Hall–Kier alpha value is -1.22. The first kappa shape index (κ1) is 11.3. The molecule has 3 heteroatoms. The van der Waals surface area contributed by atoms with Crippen LogP contribution in [0.5, 0.6) is 11.5 Å². The van der Waals surface area contributed by atoms with Crippen molar-refractivity contribution in [2.75, 3.05) is 7.11 Å². The predicted molar refractivity (Wildman–Crippen MR) is 63.5 cm³/mol. The molecule has 1 aromatic carbocycles. The van der Waals surface area contributed by atoms with Crippen LogP contribution in [0.3, 0.4) is 0 Å². The van der Waals surface area contributed by atoms with Gasteiger partial charge in [-0.3, -0.25) is 0 Å². The normalized spacial score (nSPS) is 18.6. The molecule has 1 atom stereocenters. The second-order valence-electron chi connectivity index (χ2n) is 4.50. The Kier molecular flexibility index (Phi) is 3.34. The van der Waals surface area contributed by atoms with E-state index in [0.29, 0.717) is 11.7 Å². The summed E-state index contributed by atoms with van der Waals surface area (Å²) in [6, 6.07) is 5.49. The molecule has 0 aromatic heterocycles. The van der Waals surface area contributed by atoms with Gasteiger partial charge in [0.15, 0.2) is 11.5 Å². The van der Waals surface area contributed by atoms with Gasteiger partial charge in [0.25, 0.3) is 0 Å². The van der Waals surface area contributed by atoms with E-state index in [1.54, 1.807) is 19.2 Å². The van der Waals surface area contributed by atoms with E-state index in [-0.39, 0.29) is 11.8 Å². The third-order valence-electron chi connectivity index (χ3n) is 3.50. The van der Waals surface area contributed by atoms with Gasteiger partial charge in [0.2, 0.25) is 0 Å². The van der Waals surface area contributed by atoms with E-state index in [4.69, 9.17) is 10.5 Å². The van der Waals surface area contributed by atoms with Crippen molar-refractivity contribution in [2.45, 2.75) is 31.7 Å². The minimum absolute atomic E-state index is 0.0410. The summed E-state index contributed by atoms with van der Waals surface area (Å²) in [6.45, 7) is 0. The second kappa shape index (κ2) is 4.74. The third kappa shape index (κ3) is 2.14. The first-order valence-corrected chi connectivity index (χ1v) is 5.85. The molecule has 0 aliphatic heterocycles. The molecule has 16 heavy (non-hydrogen) atoms. The van der Waals surface area contributed by atoms with Crippen molar-refractivity contribution in [1.29, 1.82) is 0 Å². The summed E-state index contributed by atoms with van der Waals surface area (Å²) in [5.41, 5.74) is 7.21. The van der Waals surface area contributed by atoms with E-state index in [1.165, 1.54) is 25.7 Å². The highest BCUT2D eigenvalue weighted by Crippen LogP contribution is 2.36. The summed E-state index contributed by atoms with van der Waals surface area (Å²) in [5.74, 6) is 1.24. The summed E-state index contributed by atoms with van der Waals surface area (Å²) in [4.78, 5) is 0. The molecule has 0 spiro atoms. The van der Waals surface area contributed by atoms with Gasteiger partial charge in [0.1, 0.15) is 0 Å². The molecule has 2 rings (SSSR count). The average molecular weight is 221 g/mol. The summed E-state index contributed by atoms with van der Waals surface area (Å²) in [6.07, 6.45) is 4.96. The molecule has 0 saturated heterocycles. The largest absolute Gasteiger partial charge is 0.504 e. The fourth-order valence-electron chi connectivity index (χ4n) is 2.50. The highest BCUT2D eigenvalue weighted by atomic mass is 16.5. The van der Waals surface area contributed by atoms with Gasteiger partial charge in [-0.1, -0.05) is 18.9 Å². The van der Waals surface area contributed by atoms with Crippen molar-refractivity contribution in [3.63, 3.8) is 0 Å². The first-order valence-electron chi connectivity index (χ1n) is 5.85. The summed E-state index contributed by atoms with van der Waals surface area (Å²) >= 11 is 0. The maximum absolute atomic E-state index is 9.70. The number of phenolic OH excluding ortho intramolecular Hbond substituents is 1. The Bertz CT molecular complexity index is 359. The van der Waals surface area contributed by atoms with Crippen LogP contribution in [-0.4, -0.2) is 12.2 Å². The zero-order chi connectivity index (χ0) is 11.5. The van der Waals surface area contributed by atoms with Gasteiger partial charge < -0.3 is 15.6 Å². The molecule has 1 aliphatic rings. The maximum Gasteiger partial charge on any atom is 0.160 e. The highest BCUT2D eigenvalue weighted by molar-refractivity contribution is 5.42. The molecule has 1 fully saturated rings. The lowest BCUT2D eigenvalue weighted by molar-refractivity contribution is 0.371. The van der Waals surface area contributed by atoms with E-state index in [9.17, 15) is 5.11 Å². The fourth-order valence-corrected chi connectivity index (χ4v) is 2.50. The molecular formula is C13H19NO2. The molecule has 1 saturated carbocycles. The number of ether oxygens (including phenoxy) is 1. The molecule has 3 nitrogen and oxygen atoms in total. The van der Waals surface area contributed by atoms with Crippen LogP contribution in [0.4, 0.5) is 0 Å². The SMILES string of the molecule is COc1ccc([C@H](N)C2CCCC2)cc1O. The Morgan fingerprint density at radius 3 is 2.62 bits per heavy atom. The Balaban J connectivity index is 2.16. The zero-order valence-electron chi connectivity index (χ0n) is 9.65. The first-order chi connectivity index (χ1) is 7.72. The standard InChI is InChI=1S/C13H19NO2/c1-16-12-7-6-10(8-11(12)15)13(14)9-4-2-3-5-9/h6-9,13,15H,2-5,14H2,1H3/t13-/m1/s1. The maximum atomic E-state index is 9.70. The van der Waals surface area contributed by atoms with Gasteiger partial charge in [-0.25, -0.2) is 0 Å². The van der Waals surface area contributed by atoms with Crippen molar-refractivity contribution in [3.8, 4) is 11.5 Å². The van der Waals surface area contributed by atoms with Gasteiger partial charge in [0.05, 0.1) is 7.11 Å².